The molecule has 1 heterocycles. The molecule has 0 radical (unpaired) electrons. The monoisotopic (exact) mass is 156 g/mol. The van der Waals surface area contributed by atoms with Crippen molar-refractivity contribution in [3.63, 3.8) is 0 Å². The van der Waals surface area contributed by atoms with Crippen LogP contribution in [0.3, 0.4) is 0 Å². The smallest absolute Gasteiger partial charge is 0.153 e. The van der Waals surface area contributed by atoms with E-state index in [2.05, 4.69) is 0 Å². The Morgan fingerprint density at radius 2 is 2.40 bits per heavy atom. The Balaban J connectivity index is 2.84. The normalized spacial score (nSPS) is 13.0. The van der Waals surface area contributed by atoms with Crippen LogP contribution in [0.4, 0.5) is 0 Å². The van der Waals surface area contributed by atoms with Crippen LogP contribution in [-0.4, -0.2) is 11.4 Å². The van der Waals surface area contributed by atoms with Gasteiger partial charge in [-0.1, -0.05) is 0 Å². The summed E-state index contributed by atoms with van der Waals surface area (Å²) in [5, 5.41) is 8.98. The number of rotatable bonds is 2. The van der Waals surface area contributed by atoms with E-state index in [1.54, 1.807) is 6.07 Å². The van der Waals surface area contributed by atoms with Gasteiger partial charge in [0.2, 0.25) is 0 Å². The molecule has 0 fully saturated rings. The highest BCUT2D eigenvalue weighted by molar-refractivity contribution is 7.12. The third-order valence-corrected chi connectivity index (χ3v) is 2.25. The molecule has 1 rings (SSSR count). The molecule has 2 nitrogen and oxygen atoms in total. The molecule has 0 aliphatic rings. The fraction of sp³-hybridized carbons (Fsp3) is 0.286. The lowest BCUT2D eigenvalue weighted by Gasteiger charge is -1.94. The van der Waals surface area contributed by atoms with Gasteiger partial charge in [-0.2, -0.15) is 0 Å². The summed E-state index contributed by atoms with van der Waals surface area (Å²) in [7, 11) is 0. The third kappa shape index (κ3) is 1.43. The average Bonchev–Trinajstić information content (AvgIpc) is 2.34. The highest BCUT2D eigenvalue weighted by Crippen LogP contribution is 2.20. The molecular weight excluding hydrogens is 148 g/mol. The van der Waals surface area contributed by atoms with Gasteiger partial charge in [0.1, 0.15) is 6.10 Å². The van der Waals surface area contributed by atoms with E-state index in [9.17, 15) is 4.79 Å². The van der Waals surface area contributed by atoms with Crippen LogP contribution in [0.15, 0.2) is 12.1 Å². The first-order chi connectivity index (χ1) is 4.74. The summed E-state index contributed by atoms with van der Waals surface area (Å²) in [6.07, 6.45) is -0.399. The molecule has 0 spiro atoms. The molecule has 1 atom stereocenters. The van der Waals surface area contributed by atoms with E-state index >= 15 is 0 Å². The third-order valence-electron chi connectivity index (χ3n) is 1.18. The number of carbonyl (C=O) groups is 1. The minimum atomic E-state index is -0.932. The van der Waals surface area contributed by atoms with E-state index < -0.39 is 6.10 Å². The van der Waals surface area contributed by atoms with Crippen LogP contribution in [0.2, 0.25) is 0 Å². The highest BCUT2D eigenvalue weighted by atomic mass is 32.1. The van der Waals surface area contributed by atoms with Crippen molar-refractivity contribution in [2.24, 2.45) is 0 Å². The quantitative estimate of drug-likeness (QED) is 0.655. The van der Waals surface area contributed by atoms with Gasteiger partial charge in [0.15, 0.2) is 6.29 Å². The molecule has 54 valence electrons. The summed E-state index contributed by atoms with van der Waals surface area (Å²) in [6, 6.07) is 3.64. The molecule has 1 unspecified atom stereocenters. The number of aliphatic hydroxyl groups excluding tert-OH is 1. The summed E-state index contributed by atoms with van der Waals surface area (Å²) in [5.74, 6) is 0. The van der Waals surface area contributed by atoms with Crippen molar-refractivity contribution < 1.29 is 9.90 Å². The first-order valence-electron chi connectivity index (χ1n) is 2.93. The van der Waals surface area contributed by atoms with Crippen LogP contribution in [-0.2, 0) is 4.79 Å². The van der Waals surface area contributed by atoms with Crippen molar-refractivity contribution in [3.05, 3.63) is 21.9 Å². The number of aliphatic hydroxyl groups is 1. The Hall–Kier alpha value is -0.670. The minimum Gasteiger partial charge on any atom is -0.380 e. The Bertz CT molecular complexity index is 229. The van der Waals surface area contributed by atoms with Gasteiger partial charge in [-0.3, -0.25) is 0 Å². The largest absolute Gasteiger partial charge is 0.380 e. The lowest BCUT2D eigenvalue weighted by molar-refractivity contribution is -0.114. The highest BCUT2D eigenvalue weighted by Gasteiger charge is 2.06. The summed E-state index contributed by atoms with van der Waals surface area (Å²) in [4.78, 5) is 11.9. The maximum Gasteiger partial charge on any atom is 0.153 e. The van der Waals surface area contributed by atoms with Gasteiger partial charge in [-0.05, 0) is 19.1 Å². The molecule has 1 N–H and O–H groups in total. The predicted molar refractivity (Wildman–Crippen MR) is 40.1 cm³/mol. The van der Waals surface area contributed by atoms with Crippen LogP contribution < -0.4 is 0 Å². The van der Waals surface area contributed by atoms with Gasteiger partial charge in [-0.25, -0.2) is 0 Å². The molecule has 3 heteroatoms. The van der Waals surface area contributed by atoms with Gasteiger partial charge >= 0.3 is 0 Å². The number of aldehydes is 1. The van der Waals surface area contributed by atoms with Crippen LogP contribution in [0, 0.1) is 6.92 Å². The second-order valence-electron chi connectivity index (χ2n) is 2.03. The molecule has 0 amide bonds. The maximum atomic E-state index is 10.1. The van der Waals surface area contributed by atoms with Crippen molar-refractivity contribution in [1.29, 1.82) is 0 Å². The van der Waals surface area contributed by atoms with Crippen LogP contribution in [0.25, 0.3) is 0 Å². The number of carbonyl (C=O) groups excluding carboxylic acids is 1. The molecule has 1 aromatic heterocycles. The van der Waals surface area contributed by atoms with E-state index in [0.29, 0.717) is 11.2 Å². The first-order valence-corrected chi connectivity index (χ1v) is 3.75. The zero-order valence-corrected chi connectivity index (χ0v) is 6.39. The Morgan fingerprint density at radius 1 is 1.70 bits per heavy atom. The van der Waals surface area contributed by atoms with Gasteiger partial charge in [0.25, 0.3) is 0 Å². The average molecular weight is 156 g/mol. The van der Waals surface area contributed by atoms with E-state index in [4.69, 9.17) is 5.11 Å². The summed E-state index contributed by atoms with van der Waals surface area (Å²) in [6.45, 7) is 1.94. The number of hydrogen-bond donors (Lipinski definition) is 1. The molecule has 10 heavy (non-hydrogen) atoms. The standard InChI is InChI=1S/C7H8O2S/c1-5-2-3-7(10-5)6(9)4-8/h2-4,6,9H,1H3. The summed E-state index contributed by atoms with van der Waals surface area (Å²) < 4.78 is 0. The van der Waals surface area contributed by atoms with Gasteiger partial charge in [-0.15, -0.1) is 11.3 Å². The summed E-state index contributed by atoms with van der Waals surface area (Å²) >= 11 is 1.44. The SMILES string of the molecule is Cc1ccc(C(O)C=O)s1. The van der Waals surface area contributed by atoms with Crippen LogP contribution in [0.1, 0.15) is 15.9 Å². The zero-order chi connectivity index (χ0) is 7.56. The fourth-order valence-electron chi connectivity index (χ4n) is 0.679. The van der Waals surface area contributed by atoms with E-state index in [-0.39, 0.29) is 0 Å². The van der Waals surface area contributed by atoms with Gasteiger partial charge in [0, 0.05) is 9.75 Å². The van der Waals surface area contributed by atoms with Crippen molar-refractivity contribution in [3.8, 4) is 0 Å². The number of aryl methyl sites for hydroxylation is 1. The van der Waals surface area contributed by atoms with Crippen molar-refractivity contribution >= 4 is 17.6 Å². The van der Waals surface area contributed by atoms with Crippen molar-refractivity contribution in [1.82, 2.24) is 0 Å². The van der Waals surface area contributed by atoms with E-state index in [0.717, 1.165) is 4.88 Å². The second-order valence-corrected chi connectivity index (χ2v) is 3.35. The van der Waals surface area contributed by atoms with Crippen molar-refractivity contribution in [2.45, 2.75) is 13.0 Å². The molecular formula is C7H8O2S. The molecule has 0 saturated carbocycles. The maximum absolute atomic E-state index is 10.1. The predicted octanol–water partition coefficient (Wildman–Crippen LogP) is 1.29. The minimum absolute atomic E-state index is 0.533. The van der Waals surface area contributed by atoms with E-state index in [1.165, 1.54) is 11.3 Å². The Labute approximate surface area is 63.1 Å². The number of hydrogen-bond acceptors (Lipinski definition) is 3. The molecule has 1 aromatic rings. The topological polar surface area (TPSA) is 37.3 Å². The van der Waals surface area contributed by atoms with Gasteiger partial charge in [0.05, 0.1) is 0 Å². The molecule has 0 bridgehead atoms. The first kappa shape index (κ1) is 7.44. The molecule has 0 saturated heterocycles. The summed E-state index contributed by atoms with van der Waals surface area (Å²) in [5.41, 5.74) is 0. The van der Waals surface area contributed by atoms with Gasteiger partial charge < -0.3 is 9.90 Å². The second kappa shape index (κ2) is 2.94. The van der Waals surface area contributed by atoms with Crippen LogP contribution >= 0.6 is 11.3 Å². The van der Waals surface area contributed by atoms with Crippen molar-refractivity contribution in [2.75, 3.05) is 0 Å². The number of thiophene rings is 1. The zero-order valence-electron chi connectivity index (χ0n) is 5.57. The fourth-order valence-corrected chi connectivity index (χ4v) is 1.50. The lowest BCUT2D eigenvalue weighted by atomic mass is 10.3. The lowest BCUT2D eigenvalue weighted by Crippen LogP contribution is -1.93. The molecule has 0 aliphatic heterocycles. The van der Waals surface area contributed by atoms with E-state index in [1.807, 2.05) is 13.0 Å². The molecule has 0 aromatic carbocycles. The Morgan fingerprint density at radius 3 is 2.80 bits per heavy atom. The van der Waals surface area contributed by atoms with Crippen LogP contribution in [0.5, 0.6) is 0 Å². The Kier molecular flexibility index (Phi) is 2.19. The molecule has 0 aliphatic carbocycles.